The highest BCUT2D eigenvalue weighted by molar-refractivity contribution is 9.09. The van der Waals surface area contributed by atoms with Gasteiger partial charge in [-0.25, -0.2) is 0 Å². The highest BCUT2D eigenvalue weighted by atomic mass is 79.9. The third-order valence-electron chi connectivity index (χ3n) is 3.03. The third kappa shape index (κ3) is 11.9. The molecule has 1 aromatic carbocycles. The van der Waals surface area contributed by atoms with Crippen molar-refractivity contribution in [3.05, 3.63) is 35.9 Å². The minimum Gasteiger partial charge on any atom is -0.377 e. The Balaban J connectivity index is 0.00000324. The maximum absolute atomic E-state index is 5.66. The fourth-order valence-electron chi connectivity index (χ4n) is 1.95. The van der Waals surface area contributed by atoms with Crippen LogP contribution in [0.25, 0.3) is 0 Å². The second-order valence-electron chi connectivity index (χ2n) is 4.70. The second-order valence-corrected chi connectivity index (χ2v) is 5.50. The largest absolute Gasteiger partial charge is 0.377 e. The molecule has 0 atom stereocenters. The summed E-state index contributed by atoms with van der Waals surface area (Å²) >= 11 is 3.46. The lowest BCUT2D eigenvalue weighted by atomic mass is 10.1. The lowest BCUT2D eigenvalue weighted by molar-refractivity contribution is 0.116. The van der Waals surface area contributed by atoms with Crippen molar-refractivity contribution >= 4 is 39.0 Å². The van der Waals surface area contributed by atoms with Crippen LogP contribution in [-0.4, -0.2) is 35.0 Å². The van der Waals surface area contributed by atoms with Gasteiger partial charge in [-0.05, 0) is 18.4 Å². The molecule has 0 saturated carbocycles. The van der Waals surface area contributed by atoms with Crippen LogP contribution in [0.15, 0.2) is 30.3 Å². The van der Waals surface area contributed by atoms with Crippen LogP contribution >= 0.6 is 15.9 Å². The Bertz CT molecular complexity index is 279. The standard InChI is InChI=1S/C16H25BrO.Mg.2H/c17-13-9-4-2-1-3-5-10-14-18-15-16-11-7-6-8-12-16;;;/h6-8,11-12H,1-5,9-10,13-15H2;;;. The van der Waals surface area contributed by atoms with E-state index in [1.165, 1.54) is 50.5 Å². The van der Waals surface area contributed by atoms with Crippen molar-refractivity contribution in [2.75, 3.05) is 11.9 Å². The molecule has 0 aromatic heterocycles. The van der Waals surface area contributed by atoms with Gasteiger partial charge in [0.1, 0.15) is 0 Å². The molecule has 1 rings (SSSR count). The van der Waals surface area contributed by atoms with Crippen LogP contribution < -0.4 is 0 Å². The van der Waals surface area contributed by atoms with Crippen molar-refractivity contribution in [2.24, 2.45) is 0 Å². The molecule has 0 aliphatic heterocycles. The number of hydrogen-bond donors (Lipinski definition) is 0. The van der Waals surface area contributed by atoms with Crippen LogP contribution in [0, 0.1) is 0 Å². The quantitative estimate of drug-likeness (QED) is 0.329. The van der Waals surface area contributed by atoms with Crippen molar-refractivity contribution in [3.8, 4) is 0 Å². The molecule has 19 heavy (non-hydrogen) atoms. The first-order chi connectivity index (χ1) is 8.93. The number of alkyl halides is 1. The number of unbranched alkanes of at least 4 members (excludes halogenated alkanes) is 6. The fourth-order valence-corrected chi connectivity index (χ4v) is 2.34. The minimum atomic E-state index is 0. The van der Waals surface area contributed by atoms with Crippen LogP contribution in [0.2, 0.25) is 0 Å². The molecule has 0 N–H and O–H groups in total. The minimum absolute atomic E-state index is 0. The summed E-state index contributed by atoms with van der Waals surface area (Å²) in [6.45, 7) is 1.66. The molecule has 0 amide bonds. The molecular weight excluding hydrogens is 312 g/mol. The summed E-state index contributed by atoms with van der Waals surface area (Å²) in [4.78, 5) is 0. The first-order valence-electron chi connectivity index (χ1n) is 7.11. The Hall–Kier alpha value is 0.426. The van der Waals surface area contributed by atoms with E-state index >= 15 is 0 Å². The summed E-state index contributed by atoms with van der Waals surface area (Å²) in [6, 6.07) is 10.4. The van der Waals surface area contributed by atoms with E-state index in [-0.39, 0.29) is 23.1 Å². The maximum Gasteiger partial charge on any atom is 0.316 e. The zero-order valence-electron chi connectivity index (χ0n) is 11.2. The number of benzene rings is 1. The van der Waals surface area contributed by atoms with Crippen LogP contribution in [0.5, 0.6) is 0 Å². The van der Waals surface area contributed by atoms with Gasteiger partial charge in [0.05, 0.1) is 6.61 Å². The Morgan fingerprint density at radius 3 is 2.00 bits per heavy atom. The lowest BCUT2D eigenvalue weighted by Crippen LogP contribution is -1.95. The average molecular weight is 340 g/mol. The summed E-state index contributed by atoms with van der Waals surface area (Å²) in [5.74, 6) is 0. The van der Waals surface area contributed by atoms with Gasteiger partial charge in [0.25, 0.3) is 0 Å². The fraction of sp³-hybridized carbons (Fsp3) is 0.625. The molecule has 0 heterocycles. The summed E-state index contributed by atoms with van der Waals surface area (Å²) in [5.41, 5.74) is 1.27. The van der Waals surface area contributed by atoms with Gasteiger partial charge in [-0.3, -0.25) is 0 Å². The van der Waals surface area contributed by atoms with Gasteiger partial charge in [0.2, 0.25) is 0 Å². The Kier molecular flexibility index (Phi) is 15.2. The van der Waals surface area contributed by atoms with E-state index < -0.39 is 0 Å². The van der Waals surface area contributed by atoms with Crippen LogP contribution in [-0.2, 0) is 11.3 Å². The molecule has 0 radical (unpaired) electrons. The van der Waals surface area contributed by atoms with E-state index in [0.29, 0.717) is 0 Å². The molecule has 0 bridgehead atoms. The summed E-state index contributed by atoms with van der Waals surface area (Å²) in [5, 5.41) is 1.15. The van der Waals surface area contributed by atoms with Crippen molar-refractivity contribution in [2.45, 2.75) is 51.6 Å². The smallest absolute Gasteiger partial charge is 0.316 e. The monoisotopic (exact) mass is 338 g/mol. The lowest BCUT2D eigenvalue weighted by Gasteiger charge is -2.04. The summed E-state index contributed by atoms with van der Waals surface area (Å²) in [7, 11) is 0. The molecule has 1 nitrogen and oxygen atoms in total. The van der Waals surface area contributed by atoms with E-state index in [9.17, 15) is 0 Å². The molecule has 0 aliphatic rings. The van der Waals surface area contributed by atoms with Crippen LogP contribution in [0.3, 0.4) is 0 Å². The summed E-state index contributed by atoms with van der Waals surface area (Å²) < 4.78 is 5.66. The molecule has 1 aromatic rings. The molecule has 106 valence electrons. The van der Waals surface area contributed by atoms with Crippen molar-refractivity contribution < 1.29 is 4.74 Å². The molecule has 0 unspecified atom stereocenters. The highest BCUT2D eigenvalue weighted by Crippen LogP contribution is 2.08. The molecule has 3 heteroatoms. The van der Waals surface area contributed by atoms with Gasteiger partial charge in [-0.15, -0.1) is 0 Å². The molecule has 0 spiro atoms. The van der Waals surface area contributed by atoms with Gasteiger partial charge in [-0.1, -0.05) is 78.4 Å². The van der Waals surface area contributed by atoms with Gasteiger partial charge >= 0.3 is 23.1 Å². The van der Waals surface area contributed by atoms with Gasteiger partial charge in [-0.2, -0.15) is 0 Å². The SMILES string of the molecule is BrCCCCCCCCCOCc1ccccc1.[MgH2]. The van der Waals surface area contributed by atoms with E-state index in [0.717, 1.165) is 18.5 Å². The number of rotatable bonds is 11. The number of halogens is 1. The third-order valence-corrected chi connectivity index (χ3v) is 3.59. The Labute approximate surface area is 142 Å². The first kappa shape index (κ1) is 19.4. The highest BCUT2D eigenvalue weighted by Gasteiger charge is 1.93. The predicted molar refractivity (Wildman–Crippen MR) is 90.8 cm³/mol. The normalized spacial score (nSPS) is 10.2. The molecule has 0 fully saturated rings. The van der Waals surface area contributed by atoms with Crippen LogP contribution in [0.1, 0.15) is 50.5 Å². The first-order valence-corrected chi connectivity index (χ1v) is 8.23. The topological polar surface area (TPSA) is 9.23 Å². The van der Waals surface area contributed by atoms with Gasteiger partial charge in [0.15, 0.2) is 0 Å². The number of hydrogen-bond acceptors (Lipinski definition) is 1. The van der Waals surface area contributed by atoms with Crippen molar-refractivity contribution in [1.82, 2.24) is 0 Å². The molecular formula is C16H27BrMgO. The second kappa shape index (κ2) is 14.8. The molecule has 0 aliphatic carbocycles. The zero-order chi connectivity index (χ0) is 12.9. The zero-order valence-corrected chi connectivity index (χ0v) is 12.8. The van der Waals surface area contributed by atoms with E-state index in [4.69, 9.17) is 4.74 Å². The van der Waals surface area contributed by atoms with Crippen molar-refractivity contribution in [1.29, 1.82) is 0 Å². The Morgan fingerprint density at radius 2 is 1.37 bits per heavy atom. The van der Waals surface area contributed by atoms with Crippen molar-refractivity contribution in [3.63, 3.8) is 0 Å². The van der Waals surface area contributed by atoms with Gasteiger partial charge < -0.3 is 4.74 Å². The summed E-state index contributed by atoms with van der Waals surface area (Å²) in [6.07, 6.45) is 9.32. The van der Waals surface area contributed by atoms with E-state index in [2.05, 4.69) is 40.2 Å². The average Bonchev–Trinajstić information content (AvgIpc) is 2.42. The molecule has 0 saturated heterocycles. The predicted octanol–water partition coefficient (Wildman–Crippen LogP) is 4.41. The van der Waals surface area contributed by atoms with Crippen LogP contribution in [0.4, 0.5) is 0 Å². The van der Waals surface area contributed by atoms with E-state index in [1.807, 2.05) is 6.07 Å². The Morgan fingerprint density at radius 1 is 0.789 bits per heavy atom. The van der Waals surface area contributed by atoms with Gasteiger partial charge in [0, 0.05) is 11.9 Å². The maximum atomic E-state index is 5.66. The van der Waals surface area contributed by atoms with E-state index in [1.54, 1.807) is 0 Å². The number of ether oxygens (including phenoxy) is 1.